The summed E-state index contributed by atoms with van der Waals surface area (Å²) in [5.74, 6) is 1.15. The van der Waals surface area contributed by atoms with E-state index >= 15 is 0 Å². The molecule has 0 heterocycles. The number of thiocarbonyl (C=S) groups is 1. The van der Waals surface area contributed by atoms with Gasteiger partial charge in [-0.05, 0) is 62.0 Å². The SMILES string of the molecule is CCCCOc1ccccc1NC(=S)NC(=O)c1ccc(OCC)cc1. The second-order valence-electron chi connectivity index (χ2n) is 5.56. The number of rotatable bonds is 8. The molecule has 0 aliphatic rings. The van der Waals surface area contributed by atoms with Crippen LogP contribution < -0.4 is 20.1 Å². The maximum Gasteiger partial charge on any atom is 0.257 e. The number of nitrogens with one attached hydrogen (secondary N) is 2. The van der Waals surface area contributed by atoms with Crippen molar-refractivity contribution in [1.82, 2.24) is 5.32 Å². The van der Waals surface area contributed by atoms with E-state index in [1.165, 1.54) is 0 Å². The molecule has 26 heavy (non-hydrogen) atoms. The maximum absolute atomic E-state index is 12.3. The van der Waals surface area contributed by atoms with Crippen LogP contribution in [-0.4, -0.2) is 24.2 Å². The Kier molecular flexibility index (Phi) is 7.89. The predicted octanol–water partition coefficient (Wildman–Crippen LogP) is 4.39. The molecule has 0 bridgehead atoms. The van der Waals surface area contributed by atoms with Crippen LogP contribution in [0.5, 0.6) is 11.5 Å². The fourth-order valence-corrected chi connectivity index (χ4v) is 2.42. The van der Waals surface area contributed by atoms with Crippen LogP contribution in [0.4, 0.5) is 5.69 Å². The van der Waals surface area contributed by atoms with E-state index in [0.717, 1.165) is 24.3 Å². The van der Waals surface area contributed by atoms with Gasteiger partial charge in [0.05, 0.1) is 18.9 Å². The highest BCUT2D eigenvalue weighted by Crippen LogP contribution is 2.24. The van der Waals surface area contributed by atoms with E-state index in [9.17, 15) is 4.79 Å². The monoisotopic (exact) mass is 372 g/mol. The lowest BCUT2D eigenvalue weighted by Crippen LogP contribution is -2.34. The molecular formula is C20H24N2O3S. The molecule has 0 aliphatic heterocycles. The van der Waals surface area contributed by atoms with Gasteiger partial charge in [0.25, 0.3) is 5.91 Å². The Labute approximate surface area is 159 Å². The molecule has 2 N–H and O–H groups in total. The Balaban J connectivity index is 1.94. The summed E-state index contributed by atoms with van der Waals surface area (Å²) < 4.78 is 11.1. The first-order valence-corrected chi connectivity index (χ1v) is 9.12. The van der Waals surface area contributed by atoms with Crippen molar-refractivity contribution in [1.29, 1.82) is 0 Å². The van der Waals surface area contributed by atoms with Gasteiger partial charge in [-0.25, -0.2) is 0 Å². The Hall–Kier alpha value is -2.60. The Morgan fingerprint density at radius 2 is 1.77 bits per heavy atom. The largest absolute Gasteiger partial charge is 0.494 e. The molecule has 0 spiro atoms. The third-order valence-electron chi connectivity index (χ3n) is 3.55. The molecule has 0 saturated carbocycles. The number of carbonyl (C=O) groups is 1. The second-order valence-corrected chi connectivity index (χ2v) is 5.97. The van der Waals surface area contributed by atoms with E-state index in [0.29, 0.717) is 24.5 Å². The number of hydrogen-bond donors (Lipinski definition) is 2. The van der Waals surface area contributed by atoms with Crippen molar-refractivity contribution >= 4 is 28.9 Å². The number of hydrogen-bond acceptors (Lipinski definition) is 4. The lowest BCUT2D eigenvalue weighted by molar-refractivity contribution is 0.0977. The number of amides is 1. The normalized spacial score (nSPS) is 10.1. The van der Waals surface area contributed by atoms with Gasteiger partial charge in [0.1, 0.15) is 11.5 Å². The number of anilines is 1. The van der Waals surface area contributed by atoms with Crippen molar-refractivity contribution in [3.63, 3.8) is 0 Å². The number of ether oxygens (including phenoxy) is 2. The van der Waals surface area contributed by atoms with Crippen LogP contribution in [0.15, 0.2) is 48.5 Å². The third kappa shape index (κ3) is 6.04. The van der Waals surface area contributed by atoms with Crippen molar-refractivity contribution in [3.8, 4) is 11.5 Å². The maximum atomic E-state index is 12.3. The lowest BCUT2D eigenvalue weighted by atomic mass is 10.2. The lowest BCUT2D eigenvalue weighted by Gasteiger charge is -2.14. The van der Waals surface area contributed by atoms with Crippen LogP contribution in [0.1, 0.15) is 37.0 Å². The van der Waals surface area contributed by atoms with Gasteiger partial charge in [-0.1, -0.05) is 25.5 Å². The van der Waals surface area contributed by atoms with E-state index in [1.807, 2.05) is 31.2 Å². The molecule has 0 aliphatic carbocycles. The van der Waals surface area contributed by atoms with Crippen LogP contribution in [0.3, 0.4) is 0 Å². The zero-order valence-corrected chi connectivity index (χ0v) is 15.9. The van der Waals surface area contributed by atoms with Crippen LogP contribution in [0.2, 0.25) is 0 Å². The minimum absolute atomic E-state index is 0.218. The predicted molar refractivity (Wildman–Crippen MR) is 108 cm³/mol. The molecule has 1 amide bonds. The van der Waals surface area contributed by atoms with Gasteiger partial charge in [-0.2, -0.15) is 0 Å². The zero-order chi connectivity index (χ0) is 18.8. The second kappa shape index (κ2) is 10.4. The standard InChI is InChI=1S/C20H24N2O3S/c1-3-5-14-25-18-9-7-6-8-17(18)21-20(26)22-19(23)15-10-12-16(13-11-15)24-4-2/h6-13H,3-5,14H2,1-2H3,(H2,21,22,23,26). The molecule has 2 rings (SSSR count). The van der Waals surface area contributed by atoms with Gasteiger partial charge in [0.2, 0.25) is 0 Å². The van der Waals surface area contributed by atoms with Gasteiger partial charge < -0.3 is 14.8 Å². The van der Waals surface area contributed by atoms with E-state index in [2.05, 4.69) is 17.6 Å². The summed E-state index contributed by atoms with van der Waals surface area (Å²) in [5, 5.41) is 5.91. The Bertz CT molecular complexity index is 732. The van der Waals surface area contributed by atoms with Crippen molar-refractivity contribution in [2.75, 3.05) is 18.5 Å². The molecule has 5 nitrogen and oxygen atoms in total. The summed E-state index contributed by atoms with van der Waals surface area (Å²) in [6, 6.07) is 14.4. The molecule has 0 radical (unpaired) electrons. The van der Waals surface area contributed by atoms with Crippen LogP contribution in [0.25, 0.3) is 0 Å². The average Bonchev–Trinajstić information content (AvgIpc) is 2.64. The number of benzene rings is 2. The topological polar surface area (TPSA) is 59.6 Å². The quantitative estimate of drug-likeness (QED) is 0.532. The minimum Gasteiger partial charge on any atom is -0.494 e. The van der Waals surface area contributed by atoms with E-state index in [1.54, 1.807) is 24.3 Å². The Morgan fingerprint density at radius 1 is 1.04 bits per heavy atom. The fourth-order valence-electron chi connectivity index (χ4n) is 2.22. The summed E-state index contributed by atoms with van der Waals surface area (Å²) in [7, 11) is 0. The first kappa shape index (κ1) is 19.7. The fraction of sp³-hybridized carbons (Fsp3) is 0.300. The van der Waals surface area contributed by atoms with Crippen LogP contribution >= 0.6 is 12.2 Å². The molecular weight excluding hydrogens is 348 g/mol. The zero-order valence-electron chi connectivity index (χ0n) is 15.1. The molecule has 0 aromatic heterocycles. The molecule has 0 unspecified atom stereocenters. The average molecular weight is 372 g/mol. The highest BCUT2D eigenvalue weighted by Gasteiger charge is 2.10. The molecule has 6 heteroatoms. The summed E-state index contributed by atoms with van der Waals surface area (Å²) in [4.78, 5) is 12.3. The molecule has 138 valence electrons. The van der Waals surface area contributed by atoms with Gasteiger partial charge in [-0.3, -0.25) is 10.1 Å². The van der Waals surface area contributed by atoms with Gasteiger partial charge in [-0.15, -0.1) is 0 Å². The van der Waals surface area contributed by atoms with E-state index in [4.69, 9.17) is 21.7 Å². The third-order valence-corrected chi connectivity index (χ3v) is 3.75. The molecule has 2 aromatic rings. The number of carbonyl (C=O) groups excluding carboxylic acids is 1. The Morgan fingerprint density at radius 3 is 2.46 bits per heavy atom. The molecule has 0 saturated heterocycles. The van der Waals surface area contributed by atoms with Crippen molar-refractivity contribution in [3.05, 3.63) is 54.1 Å². The number of unbranched alkanes of at least 4 members (excludes halogenated alkanes) is 1. The minimum atomic E-state index is -0.282. The smallest absolute Gasteiger partial charge is 0.257 e. The highest BCUT2D eigenvalue weighted by molar-refractivity contribution is 7.80. The van der Waals surface area contributed by atoms with Gasteiger partial charge in [0, 0.05) is 5.56 Å². The van der Waals surface area contributed by atoms with Crippen LogP contribution in [-0.2, 0) is 0 Å². The van der Waals surface area contributed by atoms with Gasteiger partial charge >= 0.3 is 0 Å². The van der Waals surface area contributed by atoms with E-state index in [-0.39, 0.29) is 11.0 Å². The summed E-state index contributed by atoms with van der Waals surface area (Å²) in [6.07, 6.45) is 2.04. The first-order valence-electron chi connectivity index (χ1n) is 8.71. The summed E-state index contributed by atoms with van der Waals surface area (Å²) in [6.45, 7) is 5.24. The first-order chi connectivity index (χ1) is 12.6. The summed E-state index contributed by atoms with van der Waals surface area (Å²) >= 11 is 5.25. The number of para-hydroxylation sites is 2. The molecule has 0 atom stereocenters. The highest BCUT2D eigenvalue weighted by atomic mass is 32.1. The van der Waals surface area contributed by atoms with Crippen LogP contribution in [0, 0.1) is 0 Å². The molecule has 2 aromatic carbocycles. The molecule has 0 fully saturated rings. The van der Waals surface area contributed by atoms with E-state index < -0.39 is 0 Å². The van der Waals surface area contributed by atoms with Crippen molar-refractivity contribution < 1.29 is 14.3 Å². The summed E-state index contributed by atoms with van der Waals surface area (Å²) in [5.41, 5.74) is 1.23. The van der Waals surface area contributed by atoms with Crippen molar-refractivity contribution in [2.24, 2.45) is 0 Å². The van der Waals surface area contributed by atoms with Gasteiger partial charge in [0.15, 0.2) is 5.11 Å². The van der Waals surface area contributed by atoms with Crippen molar-refractivity contribution in [2.45, 2.75) is 26.7 Å².